The molecule has 0 aromatic heterocycles. The molecule has 0 unspecified atom stereocenters. The van der Waals surface area contributed by atoms with Gasteiger partial charge in [-0.3, -0.25) is 14.4 Å². The minimum Gasteiger partial charge on any atom is -0.456 e. The first-order chi connectivity index (χ1) is 15.4. The van der Waals surface area contributed by atoms with Gasteiger partial charge >= 0.3 is 5.97 Å². The second-order valence-corrected chi connectivity index (χ2v) is 9.62. The Hall–Kier alpha value is -3.04. The lowest BCUT2D eigenvalue weighted by Gasteiger charge is -2.19. The third-order valence-corrected chi connectivity index (χ3v) is 7.50. The summed E-state index contributed by atoms with van der Waals surface area (Å²) in [5.74, 6) is -1.54. The second kappa shape index (κ2) is 10.7. The number of hydrogen-bond acceptors (Lipinski definition) is 6. The molecule has 0 heterocycles. The number of nitrogens with one attached hydrogen (secondary N) is 2. The number of benzene rings is 2. The van der Waals surface area contributed by atoms with Gasteiger partial charge < -0.3 is 10.1 Å². The third kappa shape index (κ3) is 6.27. The highest BCUT2D eigenvalue weighted by molar-refractivity contribution is 7.89. The molecule has 2 rings (SSSR count). The monoisotopic (exact) mass is 474 g/mol. The van der Waals surface area contributed by atoms with Crippen LogP contribution in [0.4, 0.5) is 5.69 Å². The Balaban J connectivity index is 1.92. The van der Waals surface area contributed by atoms with Gasteiger partial charge in [-0.15, -0.1) is 0 Å². The van der Waals surface area contributed by atoms with E-state index in [1.54, 1.807) is 38.1 Å². The molecule has 0 saturated carbocycles. The maximum Gasteiger partial charge on any atom is 0.307 e. The molecule has 8 nitrogen and oxygen atoms in total. The van der Waals surface area contributed by atoms with Crippen molar-refractivity contribution in [1.82, 2.24) is 4.72 Å². The number of hydrogen-bond donors (Lipinski definition) is 2. The van der Waals surface area contributed by atoms with Crippen LogP contribution in [-0.2, 0) is 24.3 Å². The summed E-state index contributed by atoms with van der Waals surface area (Å²) in [6.07, 6.45) is -0.238. The van der Waals surface area contributed by atoms with E-state index in [-0.39, 0.29) is 23.6 Å². The number of Topliss-reactive ketones (excluding diaryl/α,β-unsaturated/α-hetero) is 1. The quantitative estimate of drug-likeness (QED) is 0.425. The van der Waals surface area contributed by atoms with Crippen LogP contribution in [0, 0.1) is 34.6 Å². The molecule has 2 aromatic carbocycles. The van der Waals surface area contributed by atoms with E-state index in [4.69, 9.17) is 4.74 Å². The number of para-hydroxylation sites is 1. The molecule has 9 heteroatoms. The summed E-state index contributed by atoms with van der Waals surface area (Å²) in [4.78, 5) is 35.9. The van der Waals surface area contributed by atoms with Gasteiger partial charge in [-0.2, -0.15) is 0 Å². The number of ketones is 1. The minimum absolute atomic E-state index is 0.166. The number of carbonyl (C=O) groups is 3. The molecular formula is C24H30N2O6S. The Kier molecular flexibility index (Phi) is 8.51. The maximum atomic E-state index is 12.9. The van der Waals surface area contributed by atoms with Crippen LogP contribution in [0.15, 0.2) is 29.2 Å². The van der Waals surface area contributed by atoms with Crippen molar-refractivity contribution in [2.45, 2.75) is 52.9 Å². The van der Waals surface area contributed by atoms with Gasteiger partial charge in [0.05, 0.1) is 17.0 Å². The Labute approximate surface area is 194 Å². The number of sulfonamides is 1. The first-order valence-electron chi connectivity index (χ1n) is 10.5. The van der Waals surface area contributed by atoms with Crippen molar-refractivity contribution in [2.24, 2.45) is 0 Å². The zero-order valence-corrected chi connectivity index (χ0v) is 20.6. The van der Waals surface area contributed by atoms with Gasteiger partial charge in [0.2, 0.25) is 10.0 Å². The molecule has 0 aliphatic rings. The van der Waals surface area contributed by atoms with Gasteiger partial charge in [0.15, 0.2) is 12.4 Å². The van der Waals surface area contributed by atoms with E-state index in [9.17, 15) is 22.8 Å². The topological polar surface area (TPSA) is 119 Å². The molecule has 0 atom stereocenters. The fraction of sp³-hybridized carbons (Fsp3) is 0.375. The van der Waals surface area contributed by atoms with Crippen molar-refractivity contribution in [2.75, 3.05) is 18.5 Å². The number of ether oxygens (including phenoxy) is 1. The van der Waals surface area contributed by atoms with E-state index >= 15 is 0 Å². The molecule has 0 fully saturated rings. The van der Waals surface area contributed by atoms with Crippen molar-refractivity contribution in [1.29, 1.82) is 0 Å². The third-order valence-electron chi connectivity index (χ3n) is 5.77. The number of esters is 1. The fourth-order valence-electron chi connectivity index (χ4n) is 3.53. The highest BCUT2D eigenvalue weighted by Gasteiger charge is 2.23. The van der Waals surface area contributed by atoms with Gasteiger partial charge in [-0.25, -0.2) is 13.1 Å². The largest absolute Gasteiger partial charge is 0.456 e. The van der Waals surface area contributed by atoms with E-state index in [0.29, 0.717) is 22.4 Å². The van der Waals surface area contributed by atoms with E-state index in [1.807, 2.05) is 20.8 Å². The highest BCUT2D eigenvalue weighted by Crippen LogP contribution is 2.29. The number of amides is 1. The van der Waals surface area contributed by atoms with Crippen LogP contribution >= 0.6 is 0 Å². The average molecular weight is 475 g/mol. The summed E-state index contributed by atoms with van der Waals surface area (Å²) in [6, 6.07) is 6.50. The molecule has 2 N–H and O–H groups in total. The molecule has 178 valence electrons. The zero-order chi connectivity index (χ0) is 24.9. The number of carbonyl (C=O) groups excluding carboxylic acids is 3. The Bertz CT molecular complexity index is 1170. The lowest BCUT2D eigenvalue weighted by molar-refractivity contribution is -0.147. The van der Waals surface area contributed by atoms with Gasteiger partial charge in [0, 0.05) is 12.1 Å². The van der Waals surface area contributed by atoms with Gasteiger partial charge in [0.1, 0.15) is 0 Å². The Morgan fingerprint density at radius 1 is 0.879 bits per heavy atom. The Morgan fingerprint density at radius 2 is 1.42 bits per heavy atom. The fourth-order valence-corrected chi connectivity index (χ4v) is 5.16. The van der Waals surface area contributed by atoms with E-state index < -0.39 is 28.5 Å². The van der Waals surface area contributed by atoms with Crippen LogP contribution in [0.2, 0.25) is 0 Å². The normalized spacial score (nSPS) is 11.2. The van der Waals surface area contributed by atoms with Crippen molar-refractivity contribution in [3.8, 4) is 0 Å². The Morgan fingerprint density at radius 3 is 2.00 bits per heavy atom. The SMILES string of the molecule is CC(=O)c1ccccc1NC(=O)COC(=O)CCNS(=O)(=O)c1c(C)c(C)c(C)c(C)c1C. The van der Waals surface area contributed by atoms with Crippen molar-refractivity contribution in [3.63, 3.8) is 0 Å². The lowest BCUT2D eigenvalue weighted by Crippen LogP contribution is -2.29. The first kappa shape index (κ1) is 26.2. The highest BCUT2D eigenvalue weighted by atomic mass is 32.2. The van der Waals surface area contributed by atoms with E-state index in [2.05, 4.69) is 10.0 Å². The molecule has 0 radical (unpaired) electrons. The van der Waals surface area contributed by atoms with Crippen LogP contribution in [0.1, 0.15) is 51.5 Å². The predicted octanol–water partition coefficient (Wildman–Crippen LogP) is 3.28. The minimum atomic E-state index is -3.83. The summed E-state index contributed by atoms with van der Waals surface area (Å²) < 4.78 is 33.1. The van der Waals surface area contributed by atoms with Crippen molar-refractivity contribution >= 4 is 33.4 Å². The smallest absolute Gasteiger partial charge is 0.307 e. The molecule has 33 heavy (non-hydrogen) atoms. The molecule has 0 spiro atoms. The van der Waals surface area contributed by atoms with Crippen LogP contribution in [0.5, 0.6) is 0 Å². The maximum absolute atomic E-state index is 12.9. The van der Waals surface area contributed by atoms with Crippen LogP contribution < -0.4 is 10.0 Å². The predicted molar refractivity (Wildman–Crippen MR) is 126 cm³/mol. The van der Waals surface area contributed by atoms with Crippen LogP contribution in [-0.4, -0.2) is 39.2 Å². The number of anilines is 1. The lowest BCUT2D eigenvalue weighted by atomic mass is 9.95. The van der Waals surface area contributed by atoms with Crippen molar-refractivity contribution in [3.05, 3.63) is 57.6 Å². The molecule has 0 bridgehead atoms. The first-order valence-corrected chi connectivity index (χ1v) is 12.0. The molecular weight excluding hydrogens is 444 g/mol. The van der Waals surface area contributed by atoms with Gasteiger partial charge in [-0.1, -0.05) is 12.1 Å². The summed E-state index contributed by atoms with van der Waals surface area (Å²) >= 11 is 0. The molecule has 0 aliphatic carbocycles. The molecule has 2 aromatic rings. The van der Waals surface area contributed by atoms with E-state index in [0.717, 1.165) is 16.7 Å². The van der Waals surface area contributed by atoms with Crippen molar-refractivity contribution < 1.29 is 27.5 Å². The average Bonchev–Trinajstić information content (AvgIpc) is 2.75. The van der Waals surface area contributed by atoms with Gasteiger partial charge in [-0.05, 0) is 81.5 Å². The zero-order valence-electron chi connectivity index (χ0n) is 19.8. The van der Waals surface area contributed by atoms with Crippen LogP contribution in [0.3, 0.4) is 0 Å². The summed E-state index contributed by atoms with van der Waals surface area (Å²) in [7, 11) is -3.83. The second-order valence-electron chi connectivity index (χ2n) is 7.91. The molecule has 0 saturated heterocycles. The summed E-state index contributed by atoms with van der Waals surface area (Å²) in [5, 5.41) is 2.53. The molecule has 1 amide bonds. The number of rotatable bonds is 9. The van der Waals surface area contributed by atoms with Crippen LogP contribution in [0.25, 0.3) is 0 Å². The van der Waals surface area contributed by atoms with Gasteiger partial charge in [0.25, 0.3) is 5.91 Å². The molecule has 0 aliphatic heterocycles. The van der Waals surface area contributed by atoms with E-state index in [1.165, 1.54) is 6.92 Å². The summed E-state index contributed by atoms with van der Waals surface area (Å²) in [5.41, 5.74) is 4.90. The standard InChI is InChI=1S/C24H30N2O6S/c1-14-15(2)17(4)24(18(5)16(14)3)33(30,31)25-12-11-23(29)32-13-22(28)26-21-10-8-7-9-20(21)19(6)27/h7-10,25H,11-13H2,1-6H3,(H,26,28). The summed E-state index contributed by atoms with van der Waals surface area (Å²) in [6.45, 7) is 9.92.